The minimum Gasteiger partial charge on any atom is -0.481 e. The molecule has 126 valence electrons. The second-order valence-corrected chi connectivity index (χ2v) is 5.94. The summed E-state index contributed by atoms with van der Waals surface area (Å²) in [6.07, 6.45) is 1.38. The number of nitrogens with zero attached hydrogens (tertiary/aromatic N) is 1. The van der Waals surface area contributed by atoms with E-state index in [0.29, 0.717) is 27.9 Å². The number of carboxylic acids is 1. The van der Waals surface area contributed by atoms with Gasteiger partial charge in [-0.05, 0) is 35.6 Å². The molecule has 1 aliphatic rings. The molecule has 0 aliphatic carbocycles. The minimum absolute atomic E-state index is 0.326. The summed E-state index contributed by atoms with van der Waals surface area (Å²) in [5.41, 5.74) is 7.81. The highest BCUT2D eigenvalue weighted by atomic mass is 32.1. The number of thiazole rings is 1. The van der Waals surface area contributed by atoms with Crippen molar-refractivity contribution >= 4 is 35.8 Å². The molecule has 8 nitrogen and oxygen atoms in total. The molecule has 0 atom stereocenters. The summed E-state index contributed by atoms with van der Waals surface area (Å²) < 4.78 is 10.8. The lowest BCUT2D eigenvalue weighted by molar-refractivity contribution is -0.134. The van der Waals surface area contributed by atoms with Gasteiger partial charge in [0.2, 0.25) is 0 Å². The second kappa shape index (κ2) is 7.43. The van der Waals surface area contributed by atoms with Crippen molar-refractivity contribution in [3.05, 3.63) is 34.3 Å². The Hall–Kier alpha value is -2.43. The van der Waals surface area contributed by atoms with Crippen LogP contribution in [0, 0.1) is 6.92 Å². The van der Waals surface area contributed by atoms with Crippen molar-refractivity contribution < 1.29 is 29.1 Å². The van der Waals surface area contributed by atoms with Crippen LogP contribution >= 0.6 is 11.3 Å². The monoisotopic (exact) mass is 350 g/mol. The number of ether oxygens (including phenoxy) is 1. The third-order valence-corrected chi connectivity index (χ3v) is 3.95. The average molecular weight is 350 g/mol. The first-order chi connectivity index (χ1) is 11.3. The number of carboxylic acid groups (broad SMARTS) is 1. The molecule has 0 saturated heterocycles. The maximum Gasteiger partial charge on any atom is 0.491 e. The van der Waals surface area contributed by atoms with Gasteiger partial charge in [-0.25, -0.2) is 4.98 Å². The van der Waals surface area contributed by atoms with E-state index >= 15 is 0 Å². The number of nitrogens with two attached hydrogens (primary N) is 1. The van der Waals surface area contributed by atoms with E-state index in [1.165, 1.54) is 6.20 Å². The molecule has 24 heavy (non-hydrogen) atoms. The fraction of sp³-hybridized carbons (Fsp3) is 0.214. The van der Waals surface area contributed by atoms with Crippen molar-refractivity contribution in [2.24, 2.45) is 5.73 Å². The second-order valence-electron chi connectivity index (χ2n) is 4.95. The molecular formula is C14H15BN2O6S. The molecule has 10 heteroatoms. The van der Waals surface area contributed by atoms with Crippen molar-refractivity contribution in [3.8, 4) is 10.9 Å². The van der Waals surface area contributed by atoms with E-state index < -0.39 is 19.0 Å². The number of carbonyl (C=O) groups is 2. The van der Waals surface area contributed by atoms with Crippen LogP contribution in [0.3, 0.4) is 0 Å². The Morgan fingerprint density at radius 3 is 2.71 bits per heavy atom. The maximum absolute atomic E-state index is 11.0. The fourth-order valence-corrected chi connectivity index (χ4v) is 2.70. The molecule has 0 radical (unpaired) electrons. The highest BCUT2D eigenvalue weighted by molar-refractivity contribution is 7.15. The van der Waals surface area contributed by atoms with Gasteiger partial charge < -0.3 is 25.3 Å². The summed E-state index contributed by atoms with van der Waals surface area (Å²) in [4.78, 5) is 24.3. The van der Waals surface area contributed by atoms with Crippen LogP contribution in [0.25, 0.3) is 0 Å². The van der Waals surface area contributed by atoms with E-state index in [1.807, 2.05) is 13.0 Å². The number of rotatable bonds is 3. The van der Waals surface area contributed by atoms with E-state index in [9.17, 15) is 9.82 Å². The van der Waals surface area contributed by atoms with E-state index in [-0.39, 0.29) is 0 Å². The Morgan fingerprint density at radius 2 is 2.12 bits per heavy atom. The van der Waals surface area contributed by atoms with Gasteiger partial charge in [0.1, 0.15) is 10.6 Å². The standard InChI is InChI=1S/C12H11BN2O4S.C2H4O2/c1-6-2-7(3-9-8(6)5-18-13(9)17)19-12-15-4-10(20-12)11(14)16;1-2(3)4/h2-4,17H,5H2,1H3,(H2,14,16);1H3,(H,3,4). The Kier molecular flexibility index (Phi) is 5.55. The molecule has 0 saturated carbocycles. The van der Waals surface area contributed by atoms with Crippen LogP contribution in [0.1, 0.15) is 27.7 Å². The Labute approximate surface area is 142 Å². The van der Waals surface area contributed by atoms with E-state index in [0.717, 1.165) is 29.4 Å². The van der Waals surface area contributed by atoms with Gasteiger partial charge in [0.25, 0.3) is 17.1 Å². The van der Waals surface area contributed by atoms with Gasteiger partial charge in [0, 0.05) is 6.92 Å². The number of aryl methyl sites for hydroxylation is 1. The van der Waals surface area contributed by atoms with Gasteiger partial charge in [0.15, 0.2) is 0 Å². The van der Waals surface area contributed by atoms with Gasteiger partial charge in [-0.15, -0.1) is 0 Å². The van der Waals surface area contributed by atoms with Crippen molar-refractivity contribution in [1.29, 1.82) is 0 Å². The first kappa shape index (κ1) is 17.9. The number of hydrogen-bond acceptors (Lipinski definition) is 7. The average Bonchev–Trinajstić information content (AvgIpc) is 3.07. The Morgan fingerprint density at radius 1 is 1.46 bits per heavy atom. The van der Waals surface area contributed by atoms with E-state index in [4.69, 9.17) is 25.0 Å². The lowest BCUT2D eigenvalue weighted by Crippen LogP contribution is -2.28. The highest BCUT2D eigenvalue weighted by Gasteiger charge is 2.29. The molecular weight excluding hydrogens is 335 g/mol. The smallest absolute Gasteiger partial charge is 0.481 e. The third-order valence-electron chi connectivity index (χ3n) is 3.07. The van der Waals surface area contributed by atoms with Gasteiger partial charge in [0.05, 0.1) is 12.8 Å². The molecule has 1 aromatic heterocycles. The molecule has 1 aromatic carbocycles. The predicted octanol–water partition coefficient (Wildman–Crippen LogP) is 0.651. The predicted molar refractivity (Wildman–Crippen MR) is 87.6 cm³/mol. The van der Waals surface area contributed by atoms with Crippen LogP contribution in [-0.2, 0) is 16.1 Å². The number of fused-ring (bicyclic) bond motifs is 1. The normalized spacial score (nSPS) is 12.2. The fourth-order valence-electron chi connectivity index (χ4n) is 2.06. The number of amides is 1. The molecule has 1 amide bonds. The molecule has 1 aliphatic heterocycles. The van der Waals surface area contributed by atoms with E-state index in [1.54, 1.807) is 6.07 Å². The van der Waals surface area contributed by atoms with Crippen LogP contribution in [0.15, 0.2) is 18.3 Å². The molecule has 0 spiro atoms. The van der Waals surface area contributed by atoms with Gasteiger partial charge in [-0.1, -0.05) is 11.3 Å². The van der Waals surface area contributed by atoms with Crippen LogP contribution < -0.4 is 15.9 Å². The number of hydrogen-bond donors (Lipinski definition) is 3. The van der Waals surface area contributed by atoms with Crippen LogP contribution in [0.2, 0.25) is 0 Å². The van der Waals surface area contributed by atoms with Crippen LogP contribution in [0.5, 0.6) is 10.9 Å². The highest BCUT2D eigenvalue weighted by Crippen LogP contribution is 2.28. The number of aromatic nitrogens is 1. The van der Waals surface area contributed by atoms with Gasteiger partial charge >= 0.3 is 7.12 Å². The molecule has 2 aromatic rings. The lowest BCUT2D eigenvalue weighted by atomic mass is 9.78. The molecule has 0 fully saturated rings. The van der Waals surface area contributed by atoms with E-state index in [2.05, 4.69) is 4.98 Å². The van der Waals surface area contributed by atoms with Crippen molar-refractivity contribution in [3.63, 3.8) is 0 Å². The SMILES string of the molecule is CC(=O)O.Cc1cc(Oc2ncc(C(N)=O)s2)cc2c1COB2O. The summed E-state index contributed by atoms with van der Waals surface area (Å²) in [7, 11) is -0.926. The zero-order valence-electron chi connectivity index (χ0n) is 13.0. The molecule has 3 rings (SSSR count). The molecule has 0 bridgehead atoms. The number of benzene rings is 1. The summed E-state index contributed by atoms with van der Waals surface area (Å²) in [5.74, 6) is -0.831. The summed E-state index contributed by atoms with van der Waals surface area (Å²) in [5, 5.41) is 17.5. The molecule has 0 unspecified atom stereocenters. The summed E-state index contributed by atoms with van der Waals surface area (Å²) >= 11 is 1.07. The number of carbonyl (C=O) groups excluding carboxylic acids is 1. The quantitative estimate of drug-likeness (QED) is 0.693. The zero-order chi connectivity index (χ0) is 17.9. The topological polar surface area (TPSA) is 132 Å². The zero-order valence-corrected chi connectivity index (χ0v) is 13.8. The van der Waals surface area contributed by atoms with Crippen molar-refractivity contribution in [2.75, 3.05) is 0 Å². The molecule has 4 N–H and O–H groups in total. The Balaban J connectivity index is 0.000000471. The largest absolute Gasteiger partial charge is 0.491 e. The molecule has 2 heterocycles. The summed E-state index contributed by atoms with van der Waals surface area (Å²) in [6.45, 7) is 3.40. The maximum atomic E-state index is 11.0. The minimum atomic E-state index is -0.926. The summed E-state index contributed by atoms with van der Waals surface area (Å²) in [6, 6.07) is 3.55. The van der Waals surface area contributed by atoms with Crippen LogP contribution in [0.4, 0.5) is 0 Å². The number of primary amides is 1. The third kappa shape index (κ3) is 4.31. The van der Waals surface area contributed by atoms with Crippen molar-refractivity contribution in [2.45, 2.75) is 20.5 Å². The lowest BCUT2D eigenvalue weighted by Gasteiger charge is -2.07. The van der Waals surface area contributed by atoms with Crippen molar-refractivity contribution in [1.82, 2.24) is 4.98 Å². The van der Waals surface area contributed by atoms with Gasteiger partial charge in [-0.3, -0.25) is 9.59 Å². The first-order valence-corrected chi connectivity index (χ1v) is 7.65. The van der Waals surface area contributed by atoms with Crippen LogP contribution in [-0.4, -0.2) is 34.1 Å². The number of aliphatic carboxylic acids is 1. The first-order valence-electron chi connectivity index (χ1n) is 6.84. The Bertz CT molecular complexity index is 775. The van der Waals surface area contributed by atoms with Gasteiger partial charge in [-0.2, -0.15) is 0 Å².